The molecule has 2 heterocycles. The van der Waals surface area contributed by atoms with Crippen LogP contribution >= 0.6 is 22.7 Å². The molecule has 2 aromatic rings. The van der Waals surface area contributed by atoms with Crippen molar-refractivity contribution < 1.29 is 9.53 Å². The molecule has 0 saturated heterocycles. The van der Waals surface area contributed by atoms with E-state index in [2.05, 4.69) is 34.3 Å². The van der Waals surface area contributed by atoms with Gasteiger partial charge in [0, 0.05) is 21.9 Å². The summed E-state index contributed by atoms with van der Waals surface area (Å²) in [6.07, 6.45) is 0. The molecule has 0 atom stereocenters. The van der Waals surface area contributed by atoms with Crippen LogP contribution in [0.4, 0.5) is 0 Å². The molecule has 19 heavy (non-hydrogen) atoms. The lowest BCUT2D eigenvalue weighted by atomic mass is 10.1. The molecule has 2 aromatic heterocycles. The molecule has 0 aliphatic rings. The minimum Gasteiger partial charge on any atom is -0.468 e. The number of nitrogens with one attached hydrogen (secondary N) is 1. The fraction of sp³-hybridized carbons (Fsp3) is 0.357. The Bertz CT molecular complexity index is 544. The lowest BCUT2D eigenvalue weighted by Gasteiger charge is -2.22. The molecule has 0 aliphatic carbocycles. The zero-order chi connectivity index (χ0) is 13.9. The number of carbonyl (C=O) groups excluding carboxylic acids is 1. The number of carbonyl (C=O) groups is 1. The van der Waals surface area contributed by atoms with E-state index in [9.17, 15) is 4.79 Å². The van der Waals surface area contributed by atoms with Gasteiger partial charge in [0.05, 0.1) is 7.11 Å². The van der Waals surface area contributed by atoms with E-state index in [0.29, 0.717) is 6.54 Å². The topological polar surface area (TPSA) is 38.3 Å². The predicted octanol–water partition coefficient (Wildman–Crippen LogP) is 3.52. The Hall–Kier alpha value is -1.17. The van der Waals surface area contributed by atoms with Crippen LogP contribution in [-0.4, -0.2) is 18.6 Å². The molecule has 5 heteroatoms. The molecule has 102 valence electrons. The second-order valence-electron chi connectivity index (χ2n) is 4.75. The Labute approximate surface area is 121 Å². The van der Waals surface area contributed by atoms with Gasteiger partial charge in [-0.1, -0.05) is 6.07 Å². The molecular weight excluding hydrogens is 278 g/mol. The monoisotopic (exact) mass is 295 g/mol. The third-order valence-corrected chi connectivity index (χ3v) is 4.72. The Morgan fingerprint density at radius 2 is 2.21 bits per heavy atom. The van der Waals surface area contributed by atoms with Gasteiger partial charge >= 0.3 is 5.97 Å². The molecule has 0 radical (unpaired) electrons. The van der Waals surface area contributed by atoms with Crippen LogP contribution in [0, 0.1) is 0 Å². The Balaban J connectivity index is 1.99. The summed E-state index contributed by atoms with van der Waals surface area (Å²) in [6, 6.07) is 6.33. The number of thiophene rings is 2. The van der Waals surface area contributed by atoms with Gasteiger partial charge < -0.3 is 4.74 Å². The minimum atomic E-state index is -0.665. The average Bonchev–Trinajstić information content (AvgIpc) is 3.05. The average molecular weight is 295 g/mol. The lowest BCUT2D eigenvalue weighted by Crippen LogP contribution is -2.46. The normalized spacial score (nSPS) is 11.5. The van der Waals surface area contributed by atoms with Crippen LogP contribution < -0.4 is 5.32 Å². The van der Waals surface area contributed by atoms with Gasteiger partial charge in [-0.25, -0.2) is 0 Å². The minimum absolute atomic E-state index is 0.248. The molecule has 0 fully saturated rings. The second-order valence-corrected chi connectivity index (χ2v) is 6.69. The molecular formula is C14H17NO2S2. The molecule has 0 aromatic carbocycles. The summed E-state index contributed by atoms with van der Waals surface area (Å²) in [4.78, 5) is 14.0. The maximum absolute atomic E-state index is 11.6. The third kappa shape index (κ3) is 3.43. The molecule has 0 spiro atoms. The van der Waals surface area contributed by atoms with Gasteiger partial charge in [-0.05, 0) is 36.7 Å². The third-order valence-electron chi connectivity index (χ3n) is 2.86. The summed E-state index contributed by atoms with van der Waals surface area (Å²) >= 11 is 3.43. The van der Waals surface area contributed by atoms with E-state index in [-0.39, 0.29) is 5.97 Å². The van der Waals surface area contributed by atoms with Crippen molar-refractivity contribution in [1.29, 1.82) is 0 Å². The predicted molar refractivity (Wildman–Crippen MR) is 80.6 cm³/mol. The number of methoxy groups -OCH3 is 1. The van der Waals surface area contributed by atoms with Crippen LogP contribution in [0.15, 0.2) is 29.0 Å². The summed E-state index contributed by atoms with van der Waals surface area (Å²) < 4.78 is 4.77. The number of ether oxygens (including phenoxy) is 1. The van der Waals surface area contributed by atoms with Crippen LogP contribution in [0.5, 0.6) is 0 Å². The van der Waals surface area contributed by atoms with Gasteiger partial charge in [0.25, 0.3) is 0 Å². The highest BCUT2D eigenvalue weighted by Gasteiger charge is 2.27. The first kappa shape index (κ1) is 14.2. The van der Waals surface area contributed by atoms with E-state index < -0.39 is 5.54 Å². The smallest absolute Gasteiger partial charge is 0.325 e. The van der Waals surface area contributed by atoms with E-state index in [1.54, 1.807) is 22.7 Å². The van der Waals surface area contributed by atoms with Crippen molar-refractivity contribution in [2.24, 2.45) is 0 Å². The molecule has 0 unspecified atom stereocenters. The molecule has 0 amide bonds. The largest absolute Gasteiger partial charge is 0.468 e. The quantitative estimate of drug-likeness (QED) is 0.858. The highest BCUT2D eigenvalue weighted by molar-refractivity contribution is 7.14. The number of hydrogen-bond acceptors (Lipinski definition) is 5. The van der Waals surface area contributed by atoms with Gasteiger partial charge in [0.1, 0.15) is 5.54 Å². The van der Waals surface area contributed by atoms with E-state index in [4.69, 9.17) is 4.74 Å². The van der Waals surface area contributed by atoms with Crippen molar-refractivity contribution in [2.45, 2.75) is 25.9 Å². The number of hydrogen-bond donors (Lipinski definition) is 1. The van der Waals surface area contributed by atoms with Crippen LogP contribution in [0.3, 0.4) is 0 Å². The zero-order valence-corrected chi connectivity index (χ0v) is 12.9. The standard InChI is InChI=1S/C14H17NO2S2/c1-14(2,13(16)17-3)15-8-11-7-10(9-19-11)12-5-4-6-18-12/h4-7,9,15H,8H2,1-3H3. The van der Waals surface area contributed by atoms with Crippen molar-refractivity contribution in [2.75, 3.05) is 7.11 Å². The highest BCUT2D eigenvalue weighted by atomic mass is 32.1. The first-order valence-corrected chi connectivity index (χ1v) is 7.73. The van der Waals surface area contributed by atoms with Gasteiger partial charge in [0.15, 0.2) is 0 Å². The SMILES string of the molecule is COC(=O)C(C)(C)NCc1cc(-c2cccs2)cs1. The summed E-state index contributed by atoms with van der Waals surface area (Å²) in [5.74, 6) is -0.248. The van der Waals surface area contributed by atoms with Crippen LogP contribution in [-0.2, 0) is 16.1 Å². The van der Waals surface area contributed by atoms with Gasteiger partial charge in [-0.2, -0.15) is 0 Å². The lowest BCUT2D eigenvalue weighted by molar-refractivity contribution is -0.147. The Morgan fingerprint density at radius 1 is 1.42 bits per heavy atom. The van der Waals surface area contributed by atoms with Crippen molar-refractivity contribution in [1.82, 2.24) is 5.32 Å². The molecule has 1 N–H and O–H groups in total. The van der Waals surface area contributed by atoms with E-state index in [1.165, 1.54) is 22.4 Å². The van der Waals surface area contributed by atoms with Crippen molar-refractivity contribution in [3.05, 3.63) is 33.8 Å². The van der Waals surface area contributed by atoms with Crippen molar-refractivity contribution in [3.63, 3.8) is 0 Å². The van der Waals surface area contributed by atoms with Crippen LogP contribution in [0.2, 0.25) is 0 Å². The Morgan fingerprint density at radius 3 is 2.84 bits per heavy atom. The summed E-state index contributed by atoms with van der Waals surface area (Å²) in [5.41, 5.74) is 0.578. The first-order valence-electron chi connectivity index (χ1n) is 5.97. The van der Waals surface area contributed by atoms with E-state index >= 15 is 0 Å². The van der Waals surface area contributed by atoms with Gasteiger partial charge in [0.2, 0.25) is 0 Å². The summed E-state index contributed by atoms with van der Waals surface area (Å²) in [7, 11) is 1.41. The molecule has 0 bridgehead atoms. The zero-order valence-electron chi connectivity index (χ0n) is 11.2. The highest BCUT2D eigenvalue weighted by Crippen LogP contribution is 2.29. The van der Waals surface area contributed by atoms with Crippen molar-refractivity contribution >= 4 is 28.6 Å². The van der Waals surface area contributed by atoms with Gasteiger partial charge in [-0.15, -0.1) is 22.7 Å². The van der Waals surface area contributed by atoms with E-state index in [0.717, 1.165) is 0 Å². The van der Waals surface area contributed by atoms with E-state index in [1.807, 2.05) is 13.8 Å². The molecule has 2 rings (SSSR count). The van der Waals surface area contributed by atoms with Gasteiger partial charge in [-0.3, -0.25) is 10.1 Å². The maximum Gasteiger partial charge on any atom is 0.325 e. The molecule has 3 nitrogen and oxygen atoms in total. The summed E-state index contributed by atoms with van der Waals surface area (Å²) in [5, 5.41) is 7.45. The summed E-state index contributed by atoms with van der Waals surface area (Å²) in [6.45, 7) is 4.32. The number of esters is 1. The molecule has 0 saturated carbocycles. The first-order chi connectivity index (χ1) is 9.03. The fourth-order valence-corrected chi connectivity index (χ4v) is 3.29. The fourth-order valence-electron chi connectivity index (χ4n) is 1.68. The second kappa shape index (κ2) is 5.86. The molecule has 0 aliphatic heterocycles. The maximum atomic E-state index is 11.6. The van der Waals surface area contributed by atoms with Crippen molar-refractivity contribution in [3.8, 4) is 10.4 Å². The number of rotatable bonds is 5. The van der Waals surface area contributed by atoms with Crippen LogP contribution in [0.1, 0.15) is 18.7 Å². The Kier molecular flexibility index (Phi) is 4.39. The van der Waals surface area contributed by atoms with Crippen LogP contribution in [0.25, 0.3) is 10.4 Å².